The molecule has 1 saturated carbocycles. The first kappa shape index (κ1) is 24.4. The lowest BCUT2D eigenvalue weighted by molar-refractivity contribution is 0.242. The maximum Gasteiger partial charge on any atom is 0.201 e. The van der Waals surface area contributed by atoms with E-state index in [0.717, 1.165) is 35.8 Å². The van der Waals surface area contributed by atoms with Crippen LogP contribution in [-0.4, -0.2) is 6.61 Å². The van der Waals surface area contributed by atoms with E-state index >= 15 is 0 Å². The summed E-state index contributed by atoms with van der Waals surface area (Å²) in [5.41, 5.74) is 4.25. The molecule has 0 amide bonds. The first-order valence-electron chi connectivity index (χ1n) is 12.8. The Morgan fingerprint density at radius 1 is 0.706 bits per heavy atom. The van der Waals surface area contributed by atoms with Crippen molar-refractivity contribution in [3.63, 3.8) is 0 Å². The topological polar surface area (TPSA) is 9.23 Å². The van der Waals surface area contributed by atoms with E-state index < -0.39 is 11.6 Å². The molecule has 4 rings (SSSR count). The van der Waals surface area contributed by atoms with Crippen molar-refractivity contribution < 1.29 is 13.5 Å². The molecule has 1 fully saturated rings. The summed E-state index contributed by atoms with van der Waals surface area (Å²) in [5.74, 6) is -0.00698. The van der Waals surface area contributed by atoms with Crippen molar-refractivity contribution in [1.82, 2.24) is 0 Å². The molecular formula is C31H36F2O. The third kappa shape index (κ3) is 6.05. The van der Waals surface area contributed by atoms with Crippen LogP contribution in [0.25, 0.3) is 22.3 Å². The first-order valence-corrected chi connectivity index (χ1v) is 12.8. The maximum absolute atomic E-state index is 14.8. The predicted octanol–water partition coefficient (Wildman–Crippen LogP) is 9.37. The molecule has 1 aliphatic carbocycles. The summed E-state index contributed by atoms with van der Waals surface area (Å²) in [6, 6.07) is 19.0. The Morgan fingerprint density at radius 3 is 1.94 bits per heavy atom. The molecule has 0 atom stereocenters. The predicted molar refractivity (Wildman–Crippen MR) is 137 cm³/mol. The summed E-state index contributed by atoms with van der Waals surface area (Å²) in [6.07, 6.45) is 9.88. The van der Waals surface area contributed by atoms with Gasteiger partial charge in [0.05, 0.1) is 6.61 Å². The quantitative estimate of drug-likeness (QED) is 0.288. The second-order valence-corrected chi connectivity index (χ2v) is 9.82. The number of hydrogen-bond acceptors (Lipinski definition) is 1. The minimum atomic E-state index is -0.905. The van der Waals surface area contributed by atoms with Gasteiger partial charge in [-0.05, 0) is 60.4 Å². The van der Waals surface area contributed by atoms with Crippen LogP contribution in [0.2, 0.25) is 0 Å². The van der Waals surface area contributed by atoms with Gasteiger partial charge >= 0.3 is 0 Å². The monoisotopic (exact) mass is 462 g/mol. The molecule has 34 heavy (non-hydrogen) atoms. The van der Waals surface area contributed by atoms with E-state index in [2.05, 4.69) is 38.1 Å². The lowest BCUT2D eigenvalue weighted by Crippen LogP contribution is -2.14. The van der Waals surface area contributed by atoms with Crippen molar-refractivity contribution in [2.75, 3.05) is 6.61 Å². The summed E-state index contributed by atoms with van der Waals surface area (Å²) in [6.45, 7) is 4.76. The highest BCUT2D eigenvalue weighted by atomic mass is 19.2. The summed E-state index contributed by atoms with van der Waals surface area (Å²) in [7, 11) is 0. The molecule has 0 spiro atoms. The van der Waals surface area contributed by atoms with Crippen molar-refractivity contribution in [3.05, 3.63) is 77.9 Å². The van der Waals surface area contributed by atoms with Crippen LogP contribution in [0.4, 0.5) is 8.78 Å². The Labute approximate surface area is 203 Å². The van der Waals surface area contributed by atoms with E-state index in [1.807, 2.05) is 24.3 Å². The number of aryl methyl sites for hydroxylation is 1. The largest absolute Gasteiger partial charge is 0.490 e. The number of hydrogen-bond donors (Lipinski definition) is 0. The van der Waals surface area contributed by atoms with Gasteiger partial charge in [-0.25, -0.2) is 4.39 Å². The zero-order valence-electron chi connectivity index (χ0n) is 20.5. The zero-order valence-corrected chi connectivity index (χ0v) is 20.5. The molecule has 0 unspecified atom stereocenters. The molecule has 3 aromatic rings. The van der Waals surface area contributed by atoms with Crippen molar-refractivity contribution in [2.24, 2.45) is 11.8 Å². The van der Waals surface area contributed by atoms with Gasteiger partial charge in [0, 0.05) is 5.56 Å². The SMILES string of the molecule is CCC1CCC(CCCCOc2ccc(-c3ccc(-c4ccc(C)cc4)cc3)c(F)c2F)CC1. The van der Waals surface area contributed by atoms with E-state index in [-0.39, 0.29) is 11.3 Å². The van der Waals surface area contributed by atoms with Crippen molar-refractivity contribution in [1.29, 1.82) is 0 Å². The van der Waals surface area contributed by atoms with Crippen molar-refractivity contribution >= 4 is 0 Å². The Bertz CT molecular complexity index is 1050. The summed E-state index contributed by atoms with van der Waals surface area (Å²) >= 11 is 0. The number of unbranched alkanes of at least 4 members (excludes halogenated alkanes) is 1. The molecule has 0 aromatic heterocycles. The van der Waals surface area contributed by atoms with E-state index in [4.69, 9.17) is 4.74 Å². The van der Waals surface area contributed by atoms with Gasteiger partial charge in [-0.1, -0.05) is 99.5 Å². The summed E-state index contributed by atoms with van der Waals surface area (Å²) in [4.78, 5) is 0. The fraction of sp³-hybridized carbons (Fsp3) is 0.419. The standard InChI is InChI=1S/C31H36F2O/c1-3-23-9-11-24(12-10-23)6-4-5-21-34-29-20-19-28(30(32)31(29)33)27-17-15-26(16-18-27)25-13-7-22(2)8-14-25/h7-8,13-20,23-24H,3-6,9-12,21H2,1-2H3. The highest BCUT2D eigenvalue weighted by Crippen LogP contribution is 2.34. The highest BCUT2D eigenvalue weighted by Gasteiger charge is 2.20. The minimum absolute atomic E-state index is 0.000907. The number of ether oxygens (including phenoxy) is 1. The lowest BCUT2D eigenvalue weighted by Gasteiger charge is -2.27. The lowest BCUT2D eigenvalue weighted by atomic mass is 9.79. The van der Waals surface area contributed by atoms with Crippen LogP contribution >= 0.6 is 0 Å². The summed E-state index contributed by atoms with van der Waals surface area (Å²) in [5, 5.41) is 0. The Balaban J connectivity index is 1.30. The van der Waals surface area contributed by atoms with Crippen LogP contribution in [0.3, 0.4) is 0 Å². The average molecular weight is 463 g/mol. The molecular weight excluding hydrogens is 426 g/mol. The maximum atomic E-state index is 14.8. The second-order valence-electron chi connectivity index (χ2n) is 9.82. The zero-order chi connectivity index (χ0) is 23.9. The van der Waals surface area contributed by atoms with Crippen LogP contribution in [0.1, 0.15) is 63.9 Å². The van der Waals surface area contributed by atoms with Gasteiger partial charge in [0.15, 0.2) is 11.6 Å². The molecule has 1 nitrogen and oxygen atoms in total. The molecule has 1 aliphatic rings. The molecule has 0 saturated heterocycles. The Morgan fingerprint density at radius 2 is 1.29 bits per heavy atom. The number of benzene rings is 3. The van der Waals surface area contributed by atoms with Crippen molar-refractivity contribution in [2.45, 2.75) is 65.2 Å². The average Bonchev–Trinajstić information content (AvgIpc) is 2.87. The normalized spacial score (nSPS) is 18.1. The minimum Gasteiger partial charge on any atom is -0.490 e. The Hall–Kier alpha value is -2.68. The van der Waals surface area contributed by atoms with E-state index in [1.165, 1.54) is 44.1 Å². The third-order valence-electron chi connectivity index (χ3n) is 7.44. The number of rotatable bonds is 9. The van der Waals surface area contributed by atoms with E-state index in [1.54, 1.807) is 12.1 Å². The van der Waals surface area contributed by atoms with Gasteiger partial charge in [-0.3, -0.25) is 0 Å². The second kappa shape index (κ2) is 11.6. The van der Waals surface area contributed by atoms with E-state index in [0.29, 0.717) is 12.2 Å². The Kier molecular flexibility index (Phi) is 8.37. The van der Waals surface area contributed by atoms with Gasteiger partial charge in [0.25, 0.3) is 0 Å². The first-order chi connectivity index (χ1) is 16.5. The van der Waals surface area contributed by atoms with E-state index in [9.17, 15) is 8.78 Å². The summed E-state index contributed by atoms with van der Waals surface area (Å²) < 4.78 is 35.1. The fourth-order valence-corrected chi connectivity index (χ4v) is 5.10. The molecule has 3 aromatic carbocycles. The van der Waals surface area contributed by atoms with Gasteiger partial charge in [-0.2, -0.15) is 4.39 Å². The fourth-order valence-electron chi connectivity index (χ4n) is 5.10. The molecule has 0 heterocycles. The molecule has 0 radical (unpaired) electrons. The van der Waals surface area contributed by atoms with Crippen LogP contribution in [0, 0.1) is 30.4 Å². The molecule has 0 aliphatic heterocycles. The number of halogens is 2. The van der Waals surface area contributed by atoms with Crippen molar-refractivity contribution in [3.8, 4) is 28.0 Å². The molecule has 3 heteroatoms. The molecule has 180 valence electrons. The van der Waals surface area contributed by atoms with Gasteiger partial charge in [-0.15, -0.1) is 0 Å². The molecule has 0 bridgehead atoms. The van der Waals surface area contributed by atoms with Crippen LogP contribution in [-0.2, 0) is 0 Å². The van der Waals surface area contributed by atoms with Gasteiger partial charge < -0.3 is 4.74 Å². The van der Waals surface area contributed by atoms with Gasteiger partial charge in [0.2, 0.25) is 5.82 Å². The highest BCUT2D eigenvalue weighted by molar-refractivity contribution is 5.71. The molecule has 0 N–H and O–H groups in total. The third-order valence-corrected chi connectivity index (χ3v) is 7.44. The van der Waals surface area contributed by atoms with Gasteiger partial charge in [0.1, 0.15) is 0 Å². The van der Waals surface area contributed by atoms with Crippen LogP contribution in [0.15, 0.2) is 60.7 Å². The van der Waals surface area contributed by atoms with Crippen LogP contribution < -0.4 is 4.74 Å². The van der Waals surface area contributed by atoms with Crippen LogP contribution in [0.5, 0.6) is 5.75 Å². The smallest absolute Gasteiger partial charge is 0.201 e.